The zero-order chi connectivity index (χ0) is 17.6. The Labute approximate surface area is 157 Å². The Hall–Kier alpha value is -2.69. The van der Waals surface area contributed by atoms with Crippen LogP contribution in [0.25, 0.3) is 6.08 Å². The first-order valence-electron chi connectivity index (χ1n) is 9.01. The Balaban J connectivity index is 1.80. The van der Waals surface area contributed by atoms with Crippen molar-refractivity contribution >= 4 is 24.6 Å². The van der Waals surface area contributed by atoms with Crippen molar-refractivity contribution in [3.63, 3.8) is 0 Å². The zero-order valence-electron chi connectivity index (χ0n) is 14.6. The zero-order valence-corrected chi connectivity index (χ0v) is 15.6. The van der Waals surface area contributed by atoms with Gasteiger partial charge in [0, 0.05) is 0 Å². The Morgan fingerprint density at radius 1 is 0.615 bits per heavy atom. The molecule has 0 aromatic heterocycles. The molecule has 0 aliphatic heterocycles. The fourth-order valence-corrected chi connectivity index (χ4v) is 6.43. The summed E-state index contributed by atoms with van der Waals surface area (Å²) in [5.74, 6) is 0. The summed E-state index contributed by atoms with van der Waals surface area (Å²) in [5.41, 5.74) is 3.06. The molecule has 1 unspecified atom stereocenters. The quantitative estimate of drug-likeness (QED) is 0.549. The molecule has 3 aromatic rings. The monoisotopic (exact) mass is 353 g/mol. The van der Waals surface area contributed by atoms with Gasteiger partial charge in [-0.1, -0.05) is 85.0 Å². The highest BCUT2D eigenvalue weighted by Crippen LogP contribution is 2.45. The van der Waals surface area contributed by atoms with Crippen LogP contribution in [-0.4, -0.2) is 5.66 Å². The van der Waals surface area contributed by atoms with E-state index in [1.165, 1.54) is 21.7 Å². The van der Waals surface area contributed by atoms with Crippen LogP contribution in [-0.2, 0) is 0 Å². The van der Waals surface area contributed by atoms with E-state index in [-0.39, 0.29) is 0 Å². The summed E-state index contributed by atoms with van der Waals surface area (Å²) in [5, 5.41) is 2.90. The van der Waals surface area contributed by atoms with Crippen LogP contribution < -0.4 is 10.6 Å². The van der Waals surface area contributed by atoms with Crippen molar-refractivity contribution in [3.05, 3.63) is 126 Å². The maximum atomic E-state index is 2.38. The summed E-state index contributed by atoms with van der Waals surface area (Å²) in [6.07, 6.45) is 11.3. The van der Waals surface area contributed by atoms with E-state index >= 15 is 0 Å². The molecule has 1 atom stereocenters. The van der Waals surface area contributed by atoms with E-state index in [1.54, 1.807) is 0 Å². The first kappa shape index (κ1) is 16.8. The van der Waals surface area contributed by atoms with Crippen LogP contribution in [0.4, 0.5) is 0 Å². The molecule has 1 aliphatic rings. The smallest absolute Gasteiger partial charge is 0.0622 e. The summed E-state index contributed by atoms with van der Waals surface area (Å²) < 4.78 is 0. The minimum absolute atomic E-state index is 0.412. The molecule has 0 N–H and O–H groups in total. The van der Waals surface area contributed by atoms with Crippen LogP contribution in [0.2, 0.25) is 0 Å². The number of hydrogen-bond donors (Lipinski definition) is 0. The van der Waals surface area contributed by atoms with E-state index in [2.05, 4.69) is 121 Å². The van der Waals surface area contributed by atoms with Crippen molar-refractivity contribution in [2.24, 2.45) is 0 Å². The molecular weight excluding hydrogens is 331 g/mol. The highest BCUT2D eigenvalue weighted by Gasteiger charge is 2.33. The average molecular weight is 353 g/mol. The third-order valence-corrected chi connectivity index (χ3v) is 7.73. The first-order valence-corrected chi connectivity index (χ1v) is 10.6. The Morgan fingerprint density at radius 2 is 1.15 bits per heavy atom. The molecule has 0 saturated heterocycles. The molecule has 126 valence electrons. The number of benzene rings is 3. The largest absolute Gasteiger partial charge is 0.120 e. The van der Waals surface area contributed by atoms with Crippen LogP contribution in [0.1, 0.15) is 5.56 Å². The number of rotatable bonds is 4. The van der Waals surface area contributed by atoms with Crippen LogP contribution in [0, 0.1) is 0 Å². The molecule has 0 amide bonds. The van der Waals surface area contributed by atoms with Crippen molar-refractivity contribution < 1.29 is 0 Å². The molecule has 3 aromatic carbocycles. The lowest BCUT2D eigenvalue weighted by Gasteiger charge is -2.21. The topological polar surface area (TPSA) is 0 Å². The fourth-order valence-electron chi connectivity index (χ4n) is 3.46. The van der Waals surface area contributed by atoms with Gasteiger partial charge in [-0.2, -0.15) is 0 Å². The van der Waals surface area contributed by atoms with Crippen LogP contribution >= 0.6 is 7.92 Å². The maximum absolute atomic E-state index is 2.38. The lowest BCUT2D eigenvalue weighted by Crippen LogP contribution is -2.22. The van der Waals surface area contributed by atoms with Gasteiger partial charge >= 0.3 is 0 Å². The van der Waals surface area contributed by atoms with Gasteiger partial charge < -0.3 is 0 Å². The second-order valence-corrected chi connectivity index (χ2v) is 9.03. The van der Waals surface area contributed by atoms with Crippen molar-refractivity contribution in [1.82, 2.24) is 0 Å². The van der Waals surface area contributed by atoms with E-state index in [0.29, 0.717) is 5.66 Å². The van der Waals surface area contributed by atoms with Gasteiger partial charge in [-0.25, -0.2) is 0 Å². The SMILES string of the molecule is C1=CC(=Cc2ccccc2)C([PH+](c2ccccc2)c2ccccc2)C=C1. The van der Waals surface area contributed by atoms with Gasteiger partial charge in [0.2, 0.25) is 0 Å². The third-order valence-electron chi connectivity index (χ3n) is 4.68. The van der Waals surface area contributed by atoms with Gasteiger partial charge in [-0.3, -0.25) is 0 Å². The molecular formula is C25H22P+. The molecule has 0 radical (unpaired) electrons. The van der Waals surface area contributed by atoms with Crippen molar-refractivity contribution in [1.29, 1.82) is 0 Å². The molecule has 0 heterocycles. The van der Waals surface area contributed by atoms with Gasteiger partial charge in [0.05, 0.1) is 18.5 Å². The highest BCUT2D eigenvalue weighted by molar-refractivity contribution is 7.74. The molecule has 1 heteroatoms. The van der Waals surface area contributed by atoms with Gasteiger partial charge in [0.25, 0.3) is 0 Å². The normalized spacial score (nSPS) is 17.7. The second kappa shape index (κ2) is 8.13. The Bertz CT molecular complexity index is 882. The molecule has 4 rings (SSSR count). The molecule has 1 aliphatic carbocycles. The van der Waals surface area contributed by atoms with Crippen LogP contribution in [0.15, 0.2) is 121 Å². The van der Waals surface area contributed by atoms with E-state index < -0.39 is 7.92 Å². The van der Waals surface area contributed by atoms with E-state index in [9.17, 15) is 0 Å². The summed E-state index contributed by atoms with van der Waals surface area (Å²) in [6.45, 7) is 0. The minimum Gasteiger partial charge on any atom is -0.0622 e. The fraction of sp³-hybridized carbons (Fsp3) is 0.0400. The molecule has 26 heavy (non-hydrogen) atoms. The van der Waals surface area contributed by atoms with Crippen molar-refractivity contribution in [3.8, 4) is 0 Å². The van der Waals surface area contributed by atoms with E-state index in [4.69, 9.17) is 0 Å². The summed E-state index contributed by atoms with van der Waals surface area (Å²) in [7, 11) is -0.974. The summed E-state index contributed by atoms with van der Waals surface area (Å²) in [4.78, 5) is 0. The van der Waals surface area contributed by atoms with E-state index in [0.717, 1.165) is 0 Å². The van der Waals surface area contributed by atoms with Gasteiger partial charge in [0.1, 0.15) is 5.66 Å². The number of hydrogen-bond acceptors (Lipinski definition) is 0. The average Bonchev–Trinajstić information content (AvgIpc) is 2.72. The summed E-state index contributed by atoms with van der Waals surface area (Å²) in [6, 6.07) is 32.6. The predicted octanol–water partition coefficient (Wildman–Crippen LogP) is 5.43. The van der Waals surface area contributed by atoms with Crippen LogP contribution in [0.3, 0.4) is 0 Å². The predicted molar refractivity (Wildman–Crippen MR) is 117 cm³/mol. The summed E-state index contributed by atoms with van der Waals surface area (Å²) >= 11 is 0. The van der Waals surface area contributed by atoms with Crippen molar-refractivity contribution in [2.75, 3.05) is 0 Å². The first-order chi connectivity index (χ1) is 12.9. The molecule has 0 nitrogen and oxygen atoms in total. The maximum Gasteiger partial charge on any atom is 0.120 e. The van der Waals surface area contributed by atoms with E-state index in [1.807, 2.05) is 0 Å². The molecule has 0 saturated carbocycles. The molecule has 0 bridgehead atoms. The highest BCUT2D eigenvalue weighted by atomic mass is 31.1. The third kappa shape index (κ3) is 3.77. The second-order valence-electron chi connectivity index (χ2n) is 6.42. The van der Waals surface area contributed by atoms with Crippen LogP contribution in [0.5, 0.6) is 0 Å². The standard InChI is InChI=1S/C25H21P/c1-4-12-21(13-5-1)20-22-14-10-11-19-25(22)26(23-15-6-2-7-16-23)24-17-8-3-9-18-24/h1-20,25H/p+1. The lowest BCUT2D eigenvalue weighted by molar-refractivity contribution is 1.29. The van der Waals surface area contributed by atoms with Gasteiger partial charge in [-0.15, -0.1) is 0 Å². The Morgan fingerprint density at radius 3 is 1.73 bits per heavy atom. The van der Waals surface area contributed by atoms with Gasteiger partial charge in [0.15, 0.2) is 0 Å². The minimum atomic E-state index is -0.974. The number of allylic oxidation sites excluding steroid dienone is 5. The Kier molecular flexibility index (Phi) is 5.24. The van der Waals surface area contributed by atoms with Crippen molar-refractivity contribution in [2.45, 2.75) is 5.66 Å². The van der Waals surface area contributed by atoms with Gasteiger partial charge in [-0.05, 0) is 47.6 Å². The lowest BCUT2D eigenvalue weighted by atomic mass is 10.0. The molecule has 0 fully saturated rings. The molecule has 0 spiro atoms.